The molecule has 1 unspecified atom stereocenters. The van der Waals surface area contributed by atoms with Crippen LogP contribution in [0.5, 0.6) is 0 Å². The fraction of sp³-hybridized carbons (Fsp3) is 0.421. The minimum atomic E-state index is -3.44. The van der Waals surface area contributed by atoms with Crippen molar-refractivity contribution in [1.29, 1.82) is 0 Å². The van der Waals surface area contributed by atoms with E-state index in [1.807, 2.05) is 24.3 Å². The molecule has 0 amide bonds. The van der Waals surface area contributed by atoms with Crippen LogP contribution in [-0.4, -0.2) is 50.5 Å². The number of aromatic nitrogens is 1. The first kappa shape index (κ1) is 18.7. The van der Waals surface area contributed by atoms with Gasteiger partial charge in [-0.2, -0.15) is 4.31 Å². The molecule has 0 bridgehead atoms. The number of anilines is 1. The molecule has 0 saturated carbocycles. The van der Waals surface area contributed by atoms with Crippen LogP contribution in [-0.2, 0) is 14.8 Å². The number of pyridine rings is 1. The molecule has 0 N–H and O–H groups in total. The van der Waals surface area contributed by atoms with Gasteiger partial charge in [-0.25, -0.2) is 13.4 Å². The Hall–Kier alpha value is -1.67. The highest BCUT2D eigenvalue weighted by molar-refractivity contribution is 7.89. The molecule has 0 aliphatic carbocycles. The molecule has 8 heteroatoms. The Morgan fingerprint density at radius 3 is 2.56 bits per heavy atom. The first-order chi connectivity index (χ1) is 13.1. The average molecular weight is 408 g/mol. The fourth-order valence-electron chi connectivity index (χ4n) is 3.57. The number of morpholine rings is 1. The Kier molecular flexibility index (Phi) is 5.36. The Labute approximate surface area is 164 Å². The highest BCUT2D eigenvalue weighted by atomic mass is 35.5. The molecule has 4 rings (SSSR count). The van der Waals surface area contributed by atoms with Crippen molar-refractivity contribution in [2.75, 3.05) is 37.7 Å². The topological polar surface area (TPSA) is 62.7 Å². The van der Waals surface area contributed by atoms with Crippen molar-refractivity contribution in [3.63, 3.8) is 0 Å². The van der Waals surface area contributed by atoms with Gasteiger partial charge in [0.1, 0.15) is 16.8 Å². The molecule has 6 nitrogen and oxygen atoms in total. The lowest BCUT2D eigenvalue weighted by Crippen LogP contribution is -2.39. The molecule has 2 fully saturated rings. The summed E-state index contributed by atoms with van der Waals surface area (Å²) in [5.41, 5.74) is 0.956. The Morgan fingerprint density at radius 1 is 1.07 bits per heavy atom. The van der Waals surface area contributed by atoms with E-state index in [-0.39, 0.29) is 11.0 Å². The second kappa shape index (κ2) is 7.75. The predicted molar refractivity (Wildman–Crippen MR) is 105 cm³/mol. The molecule has 1 aromatic carbocycles. The van der Waals surface area contributed by atoms with Crippen molar-refractivity contribution in [3.05, 3.63) is 53.2 Å². The SMILES string of the molecule is O=S(=O)(c1ccc(N2CCOC(c3ccccc3Cl)C2)nc1)N1CCCC1. The third-order valence-electron chi connectivity index (χ3n) is 5.07. The highest BCUT2D eigenvalue weighted by Gasteiger charge is 2.28. The minimum Gasteiger partial charge on any atom is -0.370 e. The first-order valence-corrected chi connectivity index (χ1v) is 10.9. The lowest BCUT2D eigenvalue weighted by molar-refractivity contribution is 0.0396. The van der Waals surface area contributed by atoms with E-state index in [0.717, 1.165) is 24.2 Å². The second-order valence-electron chi connectivity index (χ2n) is 6.79. The molecule has 1 atom stereocenters. The van der Waals surface area contributed by atoms with Crippen LogP contribution in [0.3, 0.4) is 0 Å². The molecule has 2 saturated heterocycles. The largest absolute Gasteiger partial charge is 0.370 e. The van der Waals surface area contributed by atoms with Crippen LogP contribution in [0.2, 0.25) is 5.02 Å². The summed E-state index contributed by atoms with van der Waals surface area (Å²) in [5.74, 6) is 0.746. The van der Waals surface area contributed by atoms with Gasteiger partial charge in [-0.15, -0.1) is 0 Å². The van der Waals surface area contributed by atoms with Crippen molar-refractivity contribution in [2.24, 2.45) is 0 Å². The van der Waals surface area contributed by atoms with Gasteiger partial charge in [0.25, 0.3) is 0 Å². The number of halogens is 1. The maximum Gasteiger partial charge on any atom is 0.244 e. The van der Waals surface area contributed by atoms with E-state index in [1.165, 1.54) is 10.5 Å². The Morgan fingerprint density at radius 2 is 1.85 bits per heavy atom. The molecule has 2 aromatic rings. The second-order valence-corrected chi connectivity index (χ2v) is 9.14. The summed E-state index contributed by atoms with van der Waals surface area (Å²) in [6, 6.07) is 11.1. The third-order valence-corrected chi connectivity index (χ3v) is 7.29. The zero-order valence-corrected chi connectivity index (χ0v) is 16.5. The summed E-state index contributed by atoms with van der Waals surface area (Å²) >= 11 is 6.30. The minimum absolute atomic E-state index is 0.137. The van der Waals surface area contributed by atoms with E-state index in [9.17, 15) is 8.42 Å². The molecule has 1 aromatic heterocycles. The summed E-state index contributed by atoms with van der Waals surface area (Å²) in [6.45, 7) is 3.06. The van der Waals surface area contributed by atoms with Gasteiger partial charge in [0.05, 0.1) is 6.61 Å². The van der Waals surface area contributed by atoms with Gasteiger partial charge < -0.3 is 9.64 Å². The van der Waals surface area contributed by atoms with Crippen LogP contribution in [0.15, 0.2) is 47.5 Å². The van der Waals surface area contributed by atoms with Crippen LogP contribution in [0.4, 0.5) is 5.82 Å². The smallest absolute Gasteiger partial charge is 0.244 e. The normalized spacial score (nSPS) is 21.5. The molecule has 0 spiro atoms. The number of hydrogen-bond donors (Lipinski definition) is 0. The fourth-order valence-corrected chi connectivity index (χ4v) is 5.29. The van der Waals surface area contributed by atoms with Crippen LogP contribution in [0.25, 0.3) is 0 Å². The molecular formula is C19H22ClN3O3S. The van der Waals surface area contributed by atoms with E-state index in [0.29, 0.717) is 37.8 Å². The van der Waals surface area contributed by atoms with Crippen LogP contribution in [0, 0.1) is 0 Å². The zero-order valence-electron chi connectivity index (χ0n) is 14.9. The number of rotatable bonds is 4. The predicted octanol–water partition coefficient (Wildman–Crippen LogP) is 3.10. The summed E-state index contributed by atoms with van der Waals surface area (Å²) in [5, 5.41) is 0.685. The summed E-state index contributed by atoms with van der Waals surface area (Å²) in [7, 11) is -3.44. The summed E-state index contributed by atoms with van der Waals surface area (Å²) in [4.78, 5) is 6.78. The zero-order chi connectivity index (χ0) is 18.9. The van der Waals surface area contributed by atoms with Crippen LogP contribution in [0.1, 0.15) is 24.5 Å². The molecule has 27 heavy (non-hydrogen) atoms. The number of ether oxygens (including phenoxy) is 1. The van der Waals surface area contributed by atoms with Crippen molar-refractivity contribution in [2.45, 2.75) is 23.8 Å². The lowest BCUT2D eigenvalue weighted by Gasteiger charge is -2.34. The van der Waals surface area contributed by atoms with Crippen molar-refractivity contribution < 1.29 is 13.2 Å². The molecule has 2 aliphatic heterocycles. The van der Waals surface area contributed by atoms with Gasteiger partial charge in [-0.05, 0) is 31.0 Å². The van der Waals surface area contributed by atoms with Gasteiger partial charge in [0.15, 0.2) is 0 Å². The molecule has 144 valence electrons. The van der Waals surface area contributed by atoms with E-state index >= 15 is 0 Å². The first-order valence-electron chi connectivity index (χ1n) is 9.13. The number of hydrogen-bond acceptors (Lipinski definition) is 5. The Balaban J connectivity index is 1.51. The van der Waals surface area contributed by atoms with Crippen molar-refractivity contribution in [3.8, 4) is 0 Å². The van der Waals surface area contributed by atoms with Gasteiger partial charge in [-0.1, -0.05) is 29.8 Å². The van der Waals surface area contributed by atoms with E-state index in [1.54, 1.807) is 12.1 Å². The van der Waals surface area contributed by atoms with Gasteiger partial charge in [0, 0.05) is 43.0 Å². The number of sulfonamides is 1. The maximum absolute atomic E-state index is 12.6. The summed E-state index contributed by atoms with van der Waals surface area (Å²) in [6.07, 6.45) is 3.16. The van der Waals surface area contributed by atoms with Crippen LogP contribution < -0.4 is 4.90 Å². The van der Waals surface area contributed by atoms with Gasteiger partial charge in [0.2, 0.25) is 10.0 Å². The quantitative estimate of drug-likeness (QED) is 0.779. The molecule has 0 radical (unpaired) electrons. The van der Waals surface area contributed by atoms with Crippen LogP contribution >= 0.6 is 11.6 Å². The molecule has 3 heterocycles. The monoisotopic (exact) mass is 407 g/mol. The Bertz CT molecular complexity index is 899. The third kappa shape index (κ3) is 3.82. The molecular weight excluding hydrogens is 386 g/mol. The number of nitrogens with zero attached hydrogens (tertiary/aromatic N) is 3. The van der Waals surface area contributed by atoms with Crippen molar-refractivity contribution in [1.82, 2.24) is 9.29 Å². The maximum atomic E-state index is 12.6. The summed E-state index contributed by atoms with van der Waals surface area (Å²) < 4.78 is 32.7. The molecule has 2 aliphatic rings. The lowest BCUT2D eigenvalue weighted by atomic mass is 10.1. The van der Waals surface area contributed by atoms with Gasteiger partial charge >= 0.3 is 0 Å². The number of benzene rings is 1. The van der Waals surface area contributed by atoms with E-state index in [2.05, 4.69) is 9.88 Å². The van der Waals surface area contributed by atoms with Gasteiger partial charge in [-0.3, -0.25) is 0 Å². The van der Waals surface area contributed by atoms with Crippen molar-refractivity contribution >= 4 is 27.4 Å². The van der Waals surface area contributed by atoms with E-state index < -0.39 is 10.0 Å². The highest BCUT2D eigenvalue weighted by Crippen LogP contribution is 2.30. The average Bonchev–Trinajstić information content (AvgIpc) is 3.24. The van der Waals surface area contributed by atoms with E-state index in [4.69, 9.17) is 16.3 Å². The standard InChI is InChI=1S/C19H22ClN3O3S/c20-17-6-2-1-5-16(17)18-14-22(11-12-26-18)19-8-7-15(13-21-19)27(24,25)23-9-3-4-10-23/h1-2,5-8,13,18H,3-4,9-12,14H2.